The molecule has 0 aliphatic rings. The van der Waals surface area contributed by atoms with E-state index in [1.54, 1.807) is 7.05 Å². The highest BCUT2D eigenvalue weighted by atomic mass is 32.2. The predicted octanol–water partition coefficient (Wildman–Crippen LogP) is -0.168. The van der Waals surface area contributed by atoms with Gasteiger partial charge in [-0.3, -0.25) is 0 Å². The molecule has 0 aromatic rings. The molecular formula is C11H28N4O2S. The van der Waals surface area contributed by atoms with Crippen molar-refractivity contribution in [1.29, 1.82) is 0 Å². The molecule has 0 amide bonds. The Morgan fingerprint density at radius 1 is 1.28 bits per heavy atom. The molecule has 3 N–H and O–H groups in total. The average molecular weight is 280 g/mol. The summed E-state index contributed by atoms with van der Waals surface area (Å²) in [5.41, 5.74) is 5.36. The van der Waals surface area contributed by atoms with Gasteiger partial charge in [-0.25, -0.2) is 4.72 Å². The van der Waals surface area contributed by atoms with Gasteiger partial charge < -0.3 is 10.6 Å². The van der Waals surface area contributed by atoms with Crippen LogP contribution in [-0.2, 0) is 10.2 Å². The molecule has 0 heterocycles. The maximum absolute atomic E-state index is 11.8. The monoisotopic (exact) mass is 280 g/mol. The van der Waals surface area contributed by atoms with Crippen molar-refractivity contribution in [3.05, 3.63) is 0 Å². The van der Waals surface area contributed by atoms with E-state index in [2.05, 4.69) is 23.5 Å². The lowest BCUT2D eigenvalue weighted by Gasteiger charge is -2.24. The first-order valence-electron chi connectivity index (χ1n) is 6.46. The summed E-state index contributed by atoms with van der Waals surface area (Å²) in [7, 11) is 0.207. The Kier molecular flexibility index (Phi) is 8.71. The van der Waals surface area contributed by atoms with Gasteiger partial charge in [-0.15, -0.1) is 0 Å². The molecule has 0 aromatic carbocycles. The van der Waals surface area contributed by atoms with Gasteiger partial charge in [0.15, 0.2) is 0 Å². The van der Waals surface area contributed by atoms with Crippen LogP contribution in [0.2, 0.25) is 0 Å². The van der Waals surface area contributed by atoms with E-state index in [1.807, 2.05) is 7.05 Å². The van der Waals surface area contributed by atoms with E-state index in [4.69, 9.17) is 5.73 Å². The number of hydrogen-bond donors (Lipinski definition) is 2. The van der Waals surface area contributed by atoms with E-state index in [0.717, 1.165) is 6.42 Å². The Balaban J connectivity index is 4.04. The van der Waals surface area contributed by atoms with Crippen molar-refractivity contribution in [3.63, 3.8) is 0 Å². The zero-order chi connectivity index (χ0) is 14.2. The molecule has 0 radical (unpaired) electrons. The van der Waals surface area contributed by atoms with Gasteiger partial charge in [-0.2, -0.15) is 12.7 Å². The van der Waals surface area contributed by atoms with E-state index >= 15 is 0 Å². The standard InChI is InChI=1S/C11H28N4O2S/c1-5-11(2)14(3)10-8-13-18(16,17)15(4)9-6-7-12/h11,13H,5-10,12H2,1-4H3. The zero-order valence-electron chi connectivity index (χ0n) is 12.0. The Bertz CT molecular complexity index is 308. The Morgan fingerprint density at radius 2 is 1.89 bits per heavy atom. The van der Waals surface area contributed by atoms with Crippen LogP contribution in [0.1, 0.15) is 26.7 Å². The lowest BCUT2D eigenvalue weighted by Crippen LogP contribution is -2.43. The fraction of sp³-hybridized carbons (Fsp3) is 1.00. The van der Waals surface area contributed by atoms with Gasteiger partial charge in [0.1, 0.15) is 0 Å². The van der Waals surface area contributed by atoms with Gasteiger partial charge in [-0.1, -0.05) is 6.92 Å². The van der Waals surface area contributed by atoms with Crippen LogP contribution in [0.4, 0.5) is 0 Å². The number of likely N-dealkylation sites (N-methyl/N-ethyl adjacent to an activating group) is 1. The molecule has 6 nitrogen and oxygen atoms in total. The topological polar surface area (TPSA) is 78.7 Å². The fourth-order valence-corrected chi connectivity index (χ4v) is 2.37. The lowest BCUT2D eigenvalue weighted by atomic mass is 10.2. The highest BCUT2D eigenvalue weighted by molar-refractivity contribution is 7.87. The molecule has 0 rings (SSSR count). The number of nitrogens with one attached hydrogen (secondary N) is 1. The third kappa shape index (κ3) is 6.65. The van der Waals surface area contributed by atoms with Crippen molar-refractivity contribution >= 4 is 10.2 Å². The minimum Gasteiger partial charge on any atom is -0.330 e. The van der Waals surface area contributed by atoms with Crippen molar-refractivity contribution in [1.82, 2.24) is 13.9 Å². The number of rotatable bonds is 10. The molecule has 0 aromatic heterocycles. The summed E-state index contributed by atoms with van der Waals surface area (Å²) >= 11 is 0. The summed E-state index contributed by atoms with van der Waals surface area (Å²) in [5, 5.41) is 0. The van der Waals surface area contributed by atoms with Gasteiger partial charge in [0.05, 0.1) is 0 Å². The molecule has 0 saturated carbocycles. The molecule has 0 bridgehead atoms. The summed E-state index contributed by atoms with van der Waals surface area (Å²) in [6, 6.07) is 0.462. The second-order valence-electron chi connectivity index (χ2n) is 4.60. The second-order valence-corrected chi connectivity index (χ2v) is 6.46. The summed E-state index contributed by atoms with van der Waals surface area (Å²) in [5.74, 6) is 0. The largest absolute Gasteiger partial charge is 0.330 e. The van der Waals surface area contributed by atoms with Gasteiger partial charge in [0, 0.05) is 32.7 Å². The molecule has 110 valence electrons. The van der Waals surface area contributed by atoms with Crippen LogP contribution >= 0.6 is 0 Å². The highest BCUT2D eigenvalue weighted by Gasteiger charge is 2.16. The van der Waals surface area contributed by atoms with Crippen LogP contribution in [0.25, 0.3) is 0 Å². The van der Waals surface area contributed by atoms with Crippen LogP contribution in [0.3, 0.4) is 0 Å². The molecule has 18 heavy (non-hydrogen) atoms. The van der Waals surface area contributed by atoms with E-state index in [1.165, 1.54) is 4.31 Å². The van der Waals surface area contributed by atoms with E-state index in [9.17, 15) is 8.42 Å². The van der Waals surface area contributed by atoms with Crippen molar-refractivity contribution in [2.45, 2.75) is 32.7 Å². The fourth-order valence-electron chi connectivity index (χ4n) is 1.43. The first-order valence-corrected chi connectivity index (χ1v) is 7.90. The molecule has 0 fully saturated rings. The van der Waals surface area contributed by atoms with Gasteiger partial charge in [-0.05, 0) is 33.4 Å². The van der Waals surface area contributed by atoms with Crippen LogP contribution < -0.4 is 10.5 Å². The molecule has 7 heteroatoms. The number of hydrogen-bond acceptors (Lipinski definition) is 4. The SMILES string of the molecule is CCC(C)N(C)CCNS(=O)(=O)N(C)CCCN. The molecule has 0 aliphatic carbocycles. The summed E-state index contributed by atoms with van der Waals surface area (Å²) in [6.45, 7) is 6.33. The Hall–Kier alpha value is -0.210. The maximum atomic E-state index is 11.8. The first kappa shape index (κ1) is 17.8. The second kappa shape index (κ2) is 8.82. The normalized spacial score (nSPS) is 14.4. The Labute approximate surface area is 112 Å². The van der Waals surface area contributed by atoms with E-state index < -0.39 is 10.2 Å². The van der Waals surface area contributed by atoms with E-state index in [0.29, 0.717) is 38.6 Å². The number of nitrogens with zero attached hydrogens (tertiary/aromatic N) is 2. The molecule has 0 spiro atoms. The van der Waals surface area contributed by atoms with Crippen LogP contribution in [0.5, 0.6) is 0 Å². The Morgan fingerprint density at radius 3 is 2.39 bits per heavy atom. The summed E-state index contributed by atoms with van der Waals surface area (Å²) < 4.78 is 27.5. The minimum absolute atomic E-state index is 0.427. The van der Waals surface area contributed by atoms with Crippen molar-refractivity contribution in [3.8, 4) is 0 Å². The quantitative estimate of drug-likeness (QED) is 0.582. The molecule has 1 atom stereocenters. The van der Waals surface area contributed by atoms with Gasteiger partial charge in [0.25, 0.3) is 10.2 Å². The third-order valence-corrected chi connectivity index (χ3v) is 4.75. The smallest absolute Gasteiger partial charge is 0.279 e. The molecular weight excluding hydrogens is 252 g/mol. The van der Waals surface area contributed by atoms with Crippen LogP contribution in [-0.4, -0.2) is 63.9 Å². The van der Waals surface area contributed by atoms with Crippen LogP contribution in [0.15, 0.2) is 0 Å². The minimum atomic E-state index is -3.36. The average Bonchev–Trinajstić information content (AvgIpc) is 2.34. The highest BCUT2D eigenvalue weighted by Crippen LogP contribution is 1.99. The molecule has 0 aliphatic heterocycles. The maximum Gasteiger partial charge on any atom is 0.279 e. The van der Waals surface area contributed by atoms with Crippen molar-refractivity contribution in [2.75, 3.05) is 40.3 Å². The number of nitrogens with two attached hydrogens (primary N) is 1. The van der Waals surface area contributed by atoms with Crippen molar-refractivity contribution < 1.29 is 8.42 Å². The summed E-state index contributed by atoms with van der Waals surface area (Å²) in [6.07, 6.45) is 1.73. The van der Waals surface area contributed by atoms with E-state index in [-0.39, 0.29) is 0 Å². The summed E-state index contributed by atoms with van der Waals surface area (Å²) in [4.78, 5) is 2.14. The molecule has 1 unspecified atom stereocenters. The predicted molar refractivity (Wildman–Crippen MR) is 75.6 cm³/mol. The lowest BCUT2D eigenvalue weighted by molar-refractivity contribution is 0.255. The van der Waals surface area contributed by atoms with Gasteiger partial charge >= 0.3 is 0 Å². The van der Waals surface area contributed by atoms with Crippen molar-refractivity contribution in [2.24, 2.45) is 5.73 Å². The third-order valence-electron chi connectivity index (χ3n) is 3.18. The van der Waals surface area contributed by atoms with Crippen LogP contribution in [0, 0.1) is 0 Å². The zero-order valence-corrected chi connectivity index (χ0v) is 12.8. The van der Waals surface area contributed by atoms with Gasteiger partial charge in [0.2, 0.25) is 0 Å². The molecule has 0 saturated heterocycles. The first-order chi connectivity index (χ1) is 8.35.